The molecule has 0 bridgehead atoms. The molecule has 0 radical (unpaired) electrons. The molecule has 632 valence electrons. The zero-order valence-corrected chi connectivity index (χ0v) is 46.2. The molecule has 1 rings (SSSR count). The van der Waals surface area contributed by atoms with Crippen LogP contribution in [0.3, 0.4) is 0 Å². The van der Waals surface area contributed by atoms with Crippen LogP contribution in [-0.2, 0) is 54.4 Å². The molecular weight excluding hydrogens is 1740 g/mol. The maximum absolute atomic E-state index is 16.6. The van der Waals surface area contributed by atoms with Gasteiger partial charge in [0.15, 0.2) is 0 Å². The lowest BCUT2D eigenvalue weighted by molar-refractivity contribution is -0.593. The molecule has 1 aromatic rings. The third-order valence-corrected chi connectivity index (χ3v) is 11.2. The predicted octanol–water partition coefficient (Wildman–Crippen LogP) is 17.3. The second-order valence-corrected chi connectivity index (χ2v) is 18.9. The number of hydrogen-bond acceptors (Lipinski definition) is 11. The maximum Gasteiger partial charge on any atom is 0.489 e. The zero-order chi connectivity index (χ0) is 87.2. The van der Waals surface area contributed by atoms with Crippen molar-refractivity contribution >= 4 is 24.2 Å². The van der Waals surface area contributed by atoms with Gasteiger partial charge in [0.05, 0.1) is 5.69 Å². The Bertz CT molecular complexity index is 3310. The standard InChI is InChI=1S/C36H8BF58NO11/c1-4(97)96-7-3-5(9(38,19(50,51)52)100-31(84,85)13(44,23(62,63)64)104-35(92,93)17(48,27(74,75)76)106-33(88,89)15(46,25(68,69)70)102-29(80,81)11(40,41)21(56,57)58)2-6(37(98)99)8(7)10(39,20(53,54)55)101-32(86,87)14(45,24(65,66)67)105-36(94,95)18(49,28(77,78)79)107-34(90,91)16(47,26(71,72)73)103-30(82,83)12(42,43)22(59,60)61/h2-3,98-99H,1H3,(H,96,97). The summed E-state index contributed by atoms with van der Waals surface area (Å²) >= 11 is 0. The van der Waals surface area contributed by atoms with Gasteiger partial charge in [-0.2, -0.15) is 255 Å². The molecule has 0 spiro atoms. The van der Waals surface area contributed by atoms with Crippen molar-refractivity contribution in [1.82, 2.24) is 0 Å². The fourth-order valence-corrected chi connectivity index (χ4v) is 6.19. The Hall–Kier alpha value is -5.71. The van der Waals surface area contributed by atoms with Crippen molar-refractivity contribution in [3.8, 4) is 0 Å². The lowest BCUT2D eigenvalue weighted by Gasteiger charge is -2.44. The van der Waals surface area contributed by atoms with Crippen LogP contribution >= 0.6 is 0 Å². The Morgan fingerprint density at radius 3 is 0.626 bits per heavy atom. The number of hydrogen-bond donors (Lipinski definition) is 3. The summed E-state index contributed by atoms with van der Waals surface area (Å²) in [5, 5.41) is 19.0. The molecule has 107 heavy (non-hydrogen) atoms. The van der Waals surface area contributed by atoms with Crippen molar-refractivity contribution in [1.29, 1.82) is 0 Å². The Morgan fingerprint density at radius 2 is 0.458 bits per heavy atom. The van der Waals surface area contributed by atoms with Crippen LogP contribution in [-0.4, -0.2) is 181 Å². The smallest absolute Gasteiger partial charge is 0.423 e. The number of amides is 1. The first-order chi connectivity index (χ1) is 45.5. The van der Waals surface area contributed by atoms with Crippen LogP contribution in [0.25, 0.3) is 0 Å². The highest BCUT2D eigenvalue weighted by Crippen LogP contribution is 2.66. The van der Waals surface area contributed by atoms with Crippen LogP contribution in [0.5, 0.6) is 0 Å². The van der Waals surface area contributed by atoms with Crippen molar-refractivity contribution in [2.45, 2.75) is 176 Å². The summed E-state index contributed by atoms with van der Waals surface area (Å²) in [5.41, 5.74) is -17.8. The van der Waals surface area contributed by atoms with E-state index in [2.05, 4.69) is 0 Å². The van der Waals surface area contributed by atoms with Crippen LogP contribution < -0.4 is 10.8 Å². The number of carbonyl (C=O) groups is 1. The highest BCUT2D eigenvalue weighted by atomic mass is 19.5. The second kappa shape index (κ2) is 27.0. The average molecular weight is 1740 g/mol. The largest absolute Gasteiger partial charge is 0.489 e. The van der Waals surface area contributed by atoms with Gasteiger partial charge in [-0.1, -0.05) is 6.07 Å². The van der Waals surface area contributed by atoms with E-state index in [1.54, 1.807) is 0 Å². The van der Waals surface area contributed by atoms with Crippen LogP contribution in [0.2, 0.25) is 0 Å². The van der Waals surface area contributed by atoms with E-state index in [0.29, 0.717) is 9.47 Å². The van der Waals surface area contributed by atoms with E-state index in [-0.39, 0.29) is 5.32 Å². The quantitative estimate of drug-likeness (QED) is 0.0545. The molecule has 0 saturated carbocycles. The minimum atomic E-state index is -9.94. The monoisotopic (exact) mass is 1740 g/mol. The average Bonchev–Trinajstić information content (AvgIpc) is 0.711. The number of rotatable bonds is 28. The van der Waals surface area contributed by atoms with Gasteiger partial charge in [-0.15, -0.1) is 0 Å². The Morgan fingerprint density at radius 1 is 0.271 bits per heavy atom. The van der Waals surface area contributed by atoms with E-state index < -0.39 is 224 Å². The van der Waals surface area contributed by atoms with Crippen molar-refractivity contribution < 1.29 is 307 Å². The van der Waals surface area contributed by atoms with Gasteiger partial charge in [-0.3, -0.25) is 42.7 Å². The van der Waals surface area contributed by atoms with Crippen molar-refractivity contribution in [3.05, 3.63) is 23.3 Å². The molecule has 3 N–H and O–H groups in total. The van der Waals surface area contributed by atoms with Gasteiger partial charge in [-0.25, -0.2) is 0 Å². The summed E-state index contributed by atoms with van der Waals surface area (Å²) in [7, 11) is -5.49. The maximum atomic E-state index is 16.6. The number of alkyl halides is 58. The first kappa shape index (κ1) is 99.3. The highest BCUT2D eigenvalue weighted by Gasteiger charge is 2.93. The van der Waals surface area contributed by atoms with E-state index in [9.17, 15) is 226 Å². The predicted molar refractivity (Wildman–Crippen MR) is 198 cm³/mol. The molecule has 0 aliphatic heterocycles. The SMILES string of the molecule is CC(=O)Nc1cc(C(F)(OC(F)(F)C(F)(OC(F)(F)C(F)(OC(F)(F)C(F)(OC(F)(F)C(F)(F)C(F)(F)F)C(F)(F)F)C(F)(F)F)C(F)(F)F)C(F)(F)F)cc(B(O)O)c1C(F)(OC(F)(F)C(F)(OC(F)(F)C(F)(OC(F)(F)C(F)(OC(F)(F)C(F)(F)C(F)(F)F)C(F)(F)F)C(F)(F)F)C(F)(F)F)C(F)(F)F. The van der Waals surface area contributed by atoms with E-state index in [4.69, 9.17) is 0 Å². The summed E-state index contributed by atoms with van der Waals surface area (Å²) in [6.45, 7) is -0.764. The van der Waals surface area contributed by atoms with Gasteiger partial charge in [-0.05, 0) is 11.5 Å². The van der Waals surface area contributed by atoms with Gasteiger partial charge < -0.3 is 15.4 Å². The van der Waals surface area contributed by atoms with Crippen molar-refractivity contribution in [3.63, 3.8) is 0 Å². The fourth-order valence-electron chi connectivity index (χ4n) is 6.19. The Labute approximate surface area is 537 Å². The third-order valence-electron chi connectivity index (χ3n) is 11.2. The molecule has 1 amide bonds. The minimum Gasteiger partial charge on any atom is -0.423 e. The molecule has 0 aliphatic rings. The third kappa shape index (κ3) is 16.8. The molecule has 0 aliphatic carbocycles. The van der Waals surface area contributed by atoms with Gasteiger partial charge >= 0.3 is 176 Å². The number of nitrogens with one attached hydrogen (secondary N) is 1. The van der Waals surface area contributed by atoms with E-state index in [1.165, 1.54) is 9.47 Å². The van der Waals surface area contributed by atoms with Crippen LogP contribution in [0, 0.1) is 0 Å². The number of benzene rings is 1. The topological polar surface area (TPSA) is 143 Å². The Balaban J connectivity index is 4.84. The molecule has 1 aromatic carbocycles. The van der Waals surface area contributed by atoms with E-state index >= 15 is 43.9 Å². The molecule has 8 unspecified atom stereocenters. The summed E-state index contributed by atoms with van der Waals surface area (Å²) in [6, 6.07) is -5.15. The number of carbonyl (C=O) groups excluding carboxylic acids is 1. The molecule has 12 nitrogen and oxygen atoms in total. The lowest BCUT2D eigenvalue weighted by atomic mass is 9.73. The molecule has 8 atom stereocenters. The lowest BCUT2D eigenvalue weighted by Crippen LogP contribution is -2.72. The second-order valence-electron chi connectivity index (χ2n) is 18.9. The molecule has 0 fully saturated rings. The zero-order valence-electron chi connectivity index (χ0n) is 46.2. The summed E-state index contributed by atoms with van der Waals surface area (Å²) < 4.78 is 826. The summed E-state index contributed by atoms with van der Waals surface area (Å²) in [4.78, 5) is 11.9. The van der Waals surface area contributed by atoms with Crippen molar-refractivity contribution in [2.24, 2.45) is 0 Å². The van der Waals surface area contributed by atoms with Gasteiger partial charge in [0, 0.05) is 18.1 Å². The first-order valence-electron chi connectivity index (χ1n) is 22.9. The normalized spacial score (nSPS) is 20.0. The highest BCUT2D eigenvalue weighted by molar-refractivity contribution is 6.59. The molecule has 0 aromatic heterocycles. The van der Waals surface area contributed by atoms with Crippen LogP contribution in [0.15, 0.2) is 12.1 Å². The molecule has 0 saturated heterocycles. The van der Waals surface area contributed by atoms with Gasteiger partial charge in [0.25, 0.3) is 0 Å². The first-order valence-corrected chi connectivity index (χ1v) is 22.9. The Kier molecular flexibility index (Phi) is 25.1. The van der Waals surface area contributed by atoms with Gasteiger partial charge in [0.2, 0.25) is 5.91 Å². The molecular formula is C36H8BF58NO11. The van der Waals surface area contributed by atoms with Crippen LogP contribution in [0.1, 0.15) is 18.1 Å². The van der Waals surface area contributed by atoms with Gasteiger partial charge in [0.1, 0.15) is 0 Å². The van der Waals surface area contributed by atoms with Crippen LogP contribution in [0.4, 0.5) is 260 Å². The minimum absolute atomic E-state index is 0.176. The number of ether oxygens (including phenoxy) is 8. The van der Waals surface area contributed by atoms with Crippen molar-refractivity contribution in [2.75, 3.05) is 5.32 Å². The summed E-state index contributed by atoms with van der Waals surface area (Å²) in [5.74, 6) is -96.4. The molecule has 0 heterocycles. The number of halogens is 58. The summed E-state index contributed by atoms with van der Waals surface area (Å²) in [6.07, 6.45) is -167. The fraction of sp³-hybridized carbons (Fsp3) is 0.806. The molecule has 71 heteroatoms. The van der Waals surface area contributed by atoms with E-state index in [1.807, 2.05) is 0 Å². The number of anilines is 1. The van der Waals surface area contributed by atoms with E-state index in [0.717, 1.165) is 18.9 Å².